The molecule has 0 aliphatic carbocycles. The molecule has 2 amide bonds. The number of amides is 2. The van der Waals surface area contributed by atoms with Gasteiger partial charge in [-0.3, -0.25) is 14.5 Å². The average molecular weight is 214 g/mol. The molecule has 1 aliphatic heterocycles. The molecule has 1 aliphatic rings. The predicted molar refractivity (Wildman–Crippen MR) is 55.1 cm³/mol. The summed E-state index contributed by atoms with van der Waals surface area (Å²) in [7, 11) is 1.48. The van der Waals surface area contributed by atoms with E-state index in [1.807, 2.05) is 6.92 Å². The highest BCUT2D eigenvalue weighted by Gasteiger charge is 2.35. The van der Waals surface area contributed by atoms with E-state index in [2.05, 4.69) is 5.32 Å². The number of aliphatic hydroxyl groups excluding tert-OH is 1. The van der Waals surface area contributed by atoms with Gasteiger partial charge in [0, 0.05) is 13.6 Å². The Kier molecular flexibility index (Phi) is 4.23. The minimum atomic E-state index is -0.450. The molecule has 0 bridgehead atoms. The van der Waals surface area contributed by atoms with Gasteiger partial charge in [0.05, 0.1) is 18.6 Å². The van der Waals surface area contributed by atoms with Gasteiger partial charge in [-0.05, 0) is 6.42 Å². The van der Waals surface area contributed by atoms with Crippen LogP contribution in [0.1, 0.15) is 26.2 Å². The topological polar surface area (TPSA) is 69.6 Å². The van der Waals surface area contributed by atoms with Crippen molar-refractivity contribution in [2.24, 2.45) is 0 Å². The van der Waals surface area contributed by atoms with Gasteiger partial charge in [-0.25, -0.2) is 0 Å². The molecule has 0 radical (unpaired) electrons. The fourth-order valence-corrected chi connectivity index (χ4v) is 1.63. The molecular formula is C10H18N2O3. The second kappa shape index (κ2) is 5.23. The third-order valence-corrected chi connectivity index (χ3v) is 2.60. The Labute approximate surface area is 89.4 Å². The minimum Gasteiger partial charge on any atom is -0.392 e. The summed E-state index contributed by atoms with van der Waals surface area (Å²) in [5, 5.41) is 12.4. The first kappa shape index (κ1) is 12.1. The van der Waals surface area contributed by atoms with Crippen molar-refractivity contribution in [3.63, 3.8) is 0 Å². The summed E-state index contributed by atoms with van der Waals surface area (Å²) in [6, 6.07) is -0.450. The van der Waals surface area contributed by atoms with Crippen LogP contribution in [0.25, 0.3) is 0 Å². The van der Waals surface area contributed by atoms with Gasteiger partial charge in [0.25, 0.3) is 0 Å². The van der Waals surface area contributed by atoms with Crippen molar-refractivity contribution < 1.29 is 14.7 Å². The van der Waals surface area contributed by atoms with Gasteiger partial charge in [-0.2, -0.15) is 0 Å². The normalized spacial score (nSPS) is 23.7. The number of aliphatic hydroxyl groups is 1. The van der Waals surface area contributed by atoms with Crippen LogP contribution in [0.5, 0.6) is 0 Å². The van der Waals surface area contributed by atoms with Gasteiger partial charge in [0.1, 0.15) is 0 Å². The molecule has 2 unspecified atom stereocenters. The van der Waals surface area contributed by atoms with Crippen LogP contribution in [0.15, 0.2) is 0 Å². The number of carbonyl (C=O) groups is 2. The molecule has 2 atom stereocenters. The highest BCUT2D eigenvalue weighted by atomic mass is 16.3. The van der Waals surface area contributed by atoms with E-state index < -0.39 is 12.1 Å². The SMILES string of the molecule is CCCC(O)CNC1CC(=O)N(C)C1=O. The van der Waals surface area contributed by atoms with Crippen LogP contribution in [0.4, 0.5) is 0 Å². The van der Waals surface area contributed by atoms with E-state index in [9.17, 15) is 14.7 Å². The fraction of sp³-hybridized carbons (Fsp3) is 0.800. The first-order valence-corrected chi connectivity index (χ1v) is 5.28. The number of nitrogens with zero attached hydrogens (tertiary/aromatic N) is 1. The zero-order valence-electron chi connectivity index (χ0n) is 9.19. The zero-order valence-corrected chi connectivity index (χ0v) is 9.19. The first-order chi connectivity index (χ1) is 7.06. The Morgan fingerprint density at radius 3 is 2.73 bits per heavy atom. The smallest absolute Gasteiger partial charge is 0.246 e. The lowest BCUT2D eigenvalue weighted by Gasteiger charge is -2.14. The molecule has 0 saturated carbocycles. The third kappa shape index (κ3) is 3.00. The molecule has 86 valence electrons. The highest BCUT2D eigenvalue weighted by molar-refractivity contribution is 6.05. The predicted octanol–water partition coefficient (Wildman–Crippen LogP) is -0.506. The lowest BCUT2D eigenvalue weighted by molar-refractivity contribution is -0.137. The summed E-state index contributed by atoms with van der Waals surface area (Å²) < 4.78 is 0. The van der Waals surface area contributed by atoms with E-state index in [0.717, 1.165) is 11.3 Å². The second-order valence-electron chi connectivity index (χ2n) is 3.90. The van der Waals surface area contributed by atoms with E-state index in [1.165, 1.54) is 7.05 Å². The largest absolute Gasteiger partial charge is 0.392 e. The Morgan fingerprint density at radius 2 is 2.27 bits per heavy atom. The number of imide groups is 1. The molecule has 1 saturated heterocycles. The Bertz CT molecular complexity index is 255. The number of hydrogen-bond acceptors (Lipinski definition) is 4. The van der Waals surface area contributed by atoms with E-state index in [-0.39, 0.29) is 18.2 Å². The second-order valence-corrected chi connectivity index (χ2v) is 3.90. The summed E-state index contributed by atoms with van der Waals surface area (Å²) in [6.45, 7) is 2.35. The molecule has 15 heavy (non-hydrogen) atoms. The molecule has 0 aromatic heterocycles. The van der Waals surface area contributed by atoms with Gasteiger partial charge in [-0.15, -0.1) is 0 Å². The van der Waals surface area contributed by atoms with Gasteiger partial charge >= 0.3 is 0 Å². The monoisotopic (exact) mass is 214 g/mol. The Hall–Kier alpha value is -0.940. The van der Waals surface area contributed by atoms with Crippen LogP contribution in [0, 0.1) is 0 Å². The van der Waals surface area contributed by atoms with Crippen molar-refractivity contribution in [2.45, 2.75) is 38.3 Å². The Balaban J connectivity index is 2.34. The van der Waals surface area contributed by atoms with Crippen molar-refractivity contribution in [2.75, 3.05) is 13.6 Å². The van der Waals surface area contributed by atoms with Gasteiger partial charge in [-0.1, -0.05) is 13.3 Å². The van der Waals surface area contributed by atoms with E-state index in [1.54, 1.807) is 0 Å². The molecule has 5 nitrogen and oxygen atoms in total. The van der Waals surface area contributed by atoms with Gasteiger partial charge < -0.3 is 10.4 Å². The average Bonchev–Trinajstić information content (AvgIpc) is 2.43. The molecular weight excluding hydrogens is 196 g/mol. The maximum Gasteiger partial charge on any atom is 0.246 e. The van der Waals surface area contributed by atoms with Crippen molar-refractivity contribution in [3.05, 3.63) is 0 Å². The van der Waals surface area contributed by atoms with Crippen molar-refractivity contribution in [3.8, 4) is 0 Å². The summed E-state index contributed by atoms with van der Waals surface area (Å²) in [4.78, 5) is 23.7. The minimum absolute atomic E-state index is 0.164. The van der Waals surface area contributed by atoms with Crippen LogP contribution < -0.4 is 5.32 Å². The summed E-state index contributed by atoms with van der Waals surface area (Å²) in [5.41, 5.74) is 0. The standard InChI is InChI=1S/C10H18N2O3/c1-3-4-7(13)6-11-8-5-9(14)12(2)10(8)15/h7-8,11,13H,3-6H2,1-2H3. The zero-order chi connectivity index (χ0) is 11.4. The van der Waals surface area contributed by atoms with Crippen LogP contribution in [-0.4, -0.2) is 47.6 Å². The van der Waals surface area contributed by atoms with Crippen molar-refractivity contribution in [1.82, 2.24) is 10.2 Å². The number of likely N-dealkylation sites (N-methyl/N-ethyl adjacent to an activating group) is 1. The molecule has 0 aromatic carbocycles. The maximum absolute atomic E-state index is 11.4. The number of rotatable bonds is 5. The van der Waals surface area contributed by atoms with E-state index >= 15 is 0 Å². The van der Waals surface area contributed by atoms with Crippen LogP contribution in [0.3, 0.4) is 0 Å². The van der Waals surface area contributed by atoms with Gasteiger partial charge in [0.2, 0.25) is 11.8 Å². The third-order valence-electron chi connectivity index (χ3n) is 2.60. The summed E-state index contributed by atoms with van der Waals surface area (Å²) in [5.74, 6) is -0.369. The number of hydrogen-bond donors (Lipinski definition) is 2. The number of nitrogens with one attached hydrogen (secondary N) is 1. The lowest BCUT2D eigenvalue weighted by atomic mass is 10.2. The number of likely N-dealkylation sites (tertiary alicyclic amines) is 1. The Morgan fingerprint density at radius 1 is 1.60 bits per heavy atom. The van der Waals surface area contributed by atoms with E-state index in [0.29, 0.717) is 13.0 Å². The van der Waals surface area contributed by atoms with Crippen molar-refractivity contribution >= 4 is 11.8 Å². The molecule has 0 spiro atoms. The fourth-order valence-electron chi connectivity index (χ4n) is 1.63. The molecule has 1 fully saturated rings. The lowest BCUT2D eigenvalue weighted by Crippen LogP contribution is -2.40. The molecule has 0 aromatic rings. The first-order valence-electron chi connectivity index (χ1n) is 5.28. The molecule has 5 heteroatoms. The molecule has 1 heterocycles. The van der Waals surface area contributed by atoms with Crippen molar-refractivity contribution in [1.29, 1.82) is 0 Å². The summed E-state index contributed by atoms with van der Waals surface area (Å²) >= 11 is 0. The molecule has 2 N–H and O–H groups in total. The van der Waals surface area contributed by atoms with Crippen LogP contribution in [0.2, 0.25) is 0 Å². The summed E-state index contributed by atoms with van der Waals surface area (Å²) in [6.07, 6.45) is 1.37. The van der Waals surface area contributed by atoms with E-state index in [4.69, 9.17) is 0 Å². The number of carbonyl (C=O) groups excluding carboxylic acids is 2. The van der Waals surface area contributed by atoms with Crippen LogP contribution >= 0.6 is 0 Å². The maximum atomic E-state index is 11.4. The van der Waals surface area contributed by atoms with Crippen LogP contribution in [-0.2, 0) is 9.59 Å². The quantitative estimate of drug-likeness (QED) is 0.605. The highest BCUT2D eigenvalue weighted by Crippen LogP contribution is 2.10. The molecule has 1 rings (SSSR count). The van der Waals surface area contributed by atoms with Gasteiger partial charge in [0.15, 0.2) is 0 Å².